The minimum absolute atomic E-state index is 0.00215. The van der Waals surface area contributed by atoms with Crippen LogP contribution in [0.15, 0.2) is 24.4 Å². The fourth-order valence-corrected chi connectivity index (χ4v) is 1.70. The van der Waals surface area contributed by atoms with Gasteiger partial charge in [-0.2, -0.15) is 5.10 Å². The van der Waals surface area contributed by atoms with E-state index in [2.05, 4.69) is 15.5 Å². The molecular formula is C13H17N3O. The molecule has 90 valence electrons. The van der Waals surface area contributed by atoms with Crippen molar-refractivity contribution in [1.82, 2.24) is 10.2 Å². The third-order valence-electron chi connectivity index (χ3n) is 2.42. The zero-order valence-electron chi connectivity index (χ0n) is 10.4. The second kappa shape index (κ2) is 4.20. The molecule has 1 amide bonds. The first-order valence-electron chi connectivity index (χ1n) is 5.67. The van der Waals surface area contributed by atoms with Gasteiger partial charge in [0.2, 0.25) is 5.91 Å². The lowest BCUT2D eigenvalue weighted by Gasteiger charge is -2.17. The summed E-state index contributed by atoms with van der Waals surface area (Å²) in [6.07, 6.45) is 2.27. The summed E-state index contributed by atoms with van der Waals surface area (Å²) in [6, 6.07) is 5.72. The molecule has 2 aromatic rings. The van der Waals surface area contributed by atoms with E-state index in [0.29, 0.717) is 6.42 Å². The van der Waals surface area contributed by atoms with Crippen LogP contribution in [0.5, 0.6) is 0 Å². The molecule has 2 N–H and O–H groups in total. The summed E-state index contributed by atoms with van der Waals surface area (Å²) in [6.45, 7) is 6.14. The molecule has 4 heteroatoms. The van der Waals surface area contributed by atoms with Gasteiger partial charge in [-0.05, 0) is 23.6 Å². The van der Waals surface area contributed by atoms with E-state index in [1.54, 1.807) is 6.20 Å². The number of anilines is 1. The summed E-state index contributed by atoms with van der Waals surface area (Å²) >= 11 is 0. The lowest BCUT2D eigenvalue weighted by Crippen LogP contribution is -2.19. The van der Waals surface area contributed by atoms with Gasteiger partial charge in [-0.15, -0.1) is 0 Å². The number of aromatic amines is 1. The largest absolute Gasteiger partial charge is 0.326 e. The van der Waals surface area contributed by atoms with Gasteiger partial charge in [0.25, 0.3) is 0 Å². The highest BCUT2D eigenvalue weighted by atomic mass is 16.1. The highest BCUT2D eigenvalue weighted by Crippen LogP contribution is 2.21. The maximum absolute atomic E-state index is 11.8. The Morgan fingerprint density at radius 3 is 2.88 bits per heavy atom. The summed E-state index contributed by atoms with van der Waals surface area (Å²) in [4.78, 5) is 11.8. The number of fused-ring (bicyclic) bond motifs is 1. The van der Waals surface area contributed by atoms with Crippen LogP contribution in [0.1, 0.15) is 27.2 Å². The van der Waals surface area contributed by atoms with Crippen molar-refractivity contribution in [3.63, 3.8) is 0 Å². The smallest absolute Gasteiger partial charge is 0.224 e. The van der Waals surface area contributed by atoms with Crippen molar-refractivity contribution in [3.8, 4) is 0 Å². The molecule has 0 aliphatic carbocycles. The second-order valence-corrected chi connectivity index (χ2v) is 5.46. The van der Waals surface area contributed by atoms with Crippen molar-refractivity contribution in [3.05, 3.63) is 24.4 Å². The van der Waals surface area contributed by atoms with E-state index in [-0.39, 0.29) is 11.3 Å². The van der Waals surface area contributed by atoms with Crippen LogP contribution in [-0.4, -0.2) is 16.1 Å². The van der Waals surface area contributed by atoms with Crippen LogP contribution >= 0.6 is 0 Å². The Labute approximate surface area is 100 Å². The van der Waals surface area contributed by atoms with Crippen molar-refractivity contribution in [2.45, 2.75) is 27.2 Å². The van der Waals surface area contributed by atoms with Gasteiger partial charge in [-0.1, -0.05) is 20.8 Å². The molecule has 0 unspecified atom stereocenters. The van der Waals surface area contributed by atoms with E-state index in [4.69, 9.17) is 0 Å². The van der Waals surface area contributed by atoms with E-state index < -0.39 is 0 Å². The first-order chi connectivity index (χ1) is 7.94. The molecule has 0 saturated heterocycles. The number of hydrogen-bond acceptors (Lipinski definition) is 2. The third-order valence-corrected chi connectivity index (χ3v) is 2.42. The predicted octanol–water partition coefficient (Wildman–Crippen LogP) is 2.94. The first-order valence-corrected chi connectivity index (χ1v) is 5.67. The van der Waals surface area contributed by atoms with Crippen molar-refractivity contribution >= 4 is 22.5 Å². The lowest BCUT2D eigenvalue weighted by atomic mass is 9.92. The number of amides is 1. The van der Waals surface area contributed by atoms with E-state index in [1.165, 1.54) is 0 Å². The number of nitrogens with zero attached hydrogens (tertiary/aromatic N) is 1. The van der Waals surface area contributed by atoms with E-state index >= 15 is 0 Å². The summed E-state index contributed by atoms with van der Waals surface area (Å²) in [5.41, 5.74) is 1.73. The molecule has 0 aliphatic heterocycles. The highest BCUT2D eigenvalue weighted by Gasteiger charge is 2.15. The van der Waals surface area contributed by atoms with Gasteiger partial charge >= 0.3 is 0 Å². The summed E-state index contributed by atoms with van der Waals surface area (Å²) in [7, 11) is 0. The van der Waals surface area contributed by atoms with Crippen LogP contribution in [0.4, 0.5) is 5.69 Å². The fourth-order valence-electron chi connectivity index (χ4n) is 1.70. The average Bonchev–Trinajstić information content (AvgIpc) is 2.61. The molecule has 0 fully saturated rings. The SMILES string of the molecule is CC(C)(C)CC(=O)Nc1ccc2cn[nH]c2c1. The highest BCUT2D eigenvalue weighted by molar-refractivity contribution is 5.93. The number of carbonyl (C=O) groups is 1. The number of rotatable bonds is 2. The Kier molecular flexibility index (Phi) is 2.88. The summed E-state index contributed by atoms with van der Waals surface area (Å²) < 4.78 is 0. The molecule has 1 heterocycles. The van der Waals surface area contributed by atoms with Gasteiger partial charge in [0.05, 0.1) is 11.7 Å². The van der Waals surface area contributed by atoms with Crippen LogP contribution in [0.3, 0.4) is 0 Å². The molecule has 0 radical (unpaired) electrons. The summed E-state index contributed by atoms with van der Waals surface area (Å²) in [5.74, 6) is 0.0383. The Morgan fingerprint density at radius 1 is 1.41 bits per heavy atom. The van der Waals surface area contributed by atoms with Gasteiger partial charge in [0.1, 0.15) is 0 Å². The molecule has 0 bridgehead atoms. The molecule has 0 spiro atoms. The number of aromatic nitrogens is 2. The van der Waals surface area contributed by atoms with Crippen molar-refractivity contribution in [1.29, 1.82) is 0 Å². The fraction of sp³-hybridized carbons (Fsp3) is 0.385. The minimum Gasteiger partial charge on any atom is -0.326 e. The maximum atomic E-state index is 11.8. The Morgan fingerprint density at radius 2 is 2.18 bits per heavy atom. The lowest BCUT2D eigenvalue weighted by molar-refractivity contribution is -0.117. The molecule has 2 rings (SSSR count). The van der Waals surface area contributed by atoms with E-state index in [1.807, 2.05) is 39.0 Å². The zero-order chi connectivity index (χ0) is 12.5. The number of H-pyrrole nitrogens is 1. The Hall–Kier alpha value is -1.84. The average molecular weight is 231 g/mol. The van der Waals surface area contributed by atoms with Crippen LogP contribution in [0.2, 0.25) is 0 Å². The number of nitrogens with one attached hydrogen (secondary N) is 2. The Balaban J connectivity index is 2.10. The quantitative estimate of drug-likeness (QED) is 0.834. The normalized spacial score (nSPS) is 11.7. The van der Waals surface area contributed by atoms with Crippen LogP contribution in [0, 0.1) is 5.41 Å². The van der Waals surface area contributed by atoms with Gasteiger partial charge < -0.3 is 5.32 Å². The topological polar surface area (TPSA) is 57.8 Å². The molecule has 0 atom stereocenters. The maximum Gasteiger partial charge on any atom is 0.224 e. The van der Waals surface area contributed by atoms with Crippen molar-refractivity contribution in [2.75, 3.05) is 5.32 Å². The molecule has 4 nitrogen and oxygen atoms in total. The van der Waals surface area contributed by atoms with Crippen LogP contribution in [0.25, 0.3) is 10.9 Å². The molecule has 17 heavy (non-hydrogen) atoms. The molecule has 0 saturated carbocycles. The third kappa shape index (κ3) is 3.06. The van der Waals surface area contributed by atoms with Crippen molar-refractivity contribution < 1.29 is 4.79 Å². The van der Waals surface area contributed by atoms with Gasteiger partial charge in [0.15, 0.2) is 0 Å². The number of hydrogen-bond donors (Lipinski definition) is 2. The van der Waals surface area contributed by atoms with Crippen molar-refractivity contribution in [2.24, 2.45) is 5.41 Å². The van der Waals surface area contributed by atoms with Gasteiger partial charge in [-0.3, -0.25) is 9.89 Å². The first kappa shape index (κ1) is 11.6. The molecule has 0 aliphatic rings. The van der Waals surface area contributed by atoms with Crippen LogP contribution in [-0.2, 0) is 4.79 Å². The van der Waals surface area contributed by atoms with E-state index in [9.17, 15) is 4.79 Å². The predicted molar refractivity (Wildman–Crippen MR) is 68.8 cm³/mol. The molecule has 1 aromatic carbocycles. The molecular weight excluding hydrogens is 214 g/mol. The second-order valence-electron chi connectivity index (χ2n) is 5.46. The number of carbonyl (C=O) groups excluding carboxylic acids is 1. The van der Waals surface area contributed by atoms with Gasteiger partial charge in [-0.25, -0.2) is 0 Å². The molecule has 1 aromatic heterocycles. The van der Waals surface area contributed by atoms with Gasteiger partial charge in [0, 0.05) is 17.5 Å². The Bertz CT molecular complexity index is 537. The van der Waals surface area contributed by atoms with E-state index in [0.717, 1.165) is 16.6 Å². The zero-order valence-corrected chi connectivity index (χ0v) is 10.4. The minimum atomic E-state index is 0.00215. The monoisotopic (exact) mass is 231 g/mol. The number of benzene rings is 1. The summed E-state index contributed by atoms with van der Waals surface area (Å²) in [5, 5.41) is 10.8. The van der Waals surface area contributed by atoms with Crippen LogP contribution < -0.4 is 5.32 Å². The standard InChI is InChI=1S/C13H17N3O/c1-13(2,3)7-12(17)15-10-5-4-9-8-14-16-11(9)6-10/h4-6,8H,7H2,1-3H3,(H,14,16)(H,15,17).